The van der Waals surface area contributed by atoms with Crippen molar-refractivity contribution in [1.29, 1.82) is 0 Å². The van der Waals surface area contributed by atoms with Crippen molar-refractivity contribution in [3.63, 3.8) is 0 Å². The topological polar surface area (TPSA) is 193 Å². The molecule has 2 rings (SSSR count). The van der Waals surface area contributed by atoms with Crippen molar-refractivity contribution in [1.82, 2.24) is 26.3 Å². The van der Waals surface area contributed by atoms with Crippen LogP contribution < -0.4 is 27.0 Å². The molecule has 0 aliphatic carbocycles. The van der Waals surface area contributed by atoms with Crippen LogP contribution in [0.15, 0.2) is 10.9 Å². The van der Waals surface area contributed by atoms with Crippen LogP contribution in [-0.2, 0) is 24.0 Å². The molecule has 1 aromatic heterocycles. The average molecular weight is 539 g/mol. The molecule has 0 bridgehead atoms. The maximum Gasteiger partial charge on any atom is 0.351 e. The molecule has 13 heteroatoms. The van der Waals surface area contributed by atoms with E-state index in [1.807, 2.05) is 20.8 Å². The number of carbonyl (C=O) groups is 5. The molecule has 0 radical (unpaired) electrons. The fraction of sp³-hybridized carbons (Fsp3) is 0.667. The molecule has 0 aromatic carbocycles. The maximum atomic E-state index is 13.6. The van der Waals surface area contributed by atoms with E-state index in [2.05, 4.69) is 26.3 Å². The quantitative estimate of drug-likeness (QED) is 0.196. The van der Waals surface area contributed by atoms with Gasteiger partial charge in [0, 0.05) is 18.2 Å². The minimum atomic E-state index is -2.27. The summed E-state index contributed by atoms with van der Waals surface area (Å²) in [5.41, 5.74) is 4.54. The van der Waals surface area contributed by atoms with Gasteiger partial charge in [0.2, 0.25) is 29.3 Å². The molecule has 1 aliphatic rings. The second kappa shape index (κ2) is 13.0. The fourth-order valence-corrected chi connectivity index (χ4v) is 4.88. The molecule has 1 saturated heterocycles. The third-order valence-corrected chi connectivity index (χ3v) is 6.76. The van der Waals surface area contributed by atoms with E-state index in [1.165, 1.54) is 11.3 Å². The molecular formula is C24H38N6O6S. The van der Waals surface area contributed by atoms with E-state index in [9.17, 15) is 29.1 Å². The van der Waals surface area contributed by atoms with Crippen LogP contribution in [0.25, 0.3) is 0 Å². The van der Waals surface area contributed by atoms with Gasteiger partial charge in [0.1, 0.15) is 6.04 Å². The van der Waals surface area contributed by atoms with Gasteiger partial charge in [0.25, 0.3) is 0 Å². The summed E-state index contributed by atoms with van der Waals surface area (Å²) >= 11 is 1.26. The van der Waals surface area contributed by atoms with Crippen LogP contribution in [0, 0.1) is 5.41 Å². The predicted octanol–water partition coefficient (Wildman–Crippen LogP) is 0.589. The lowest BCUT2D eigenvalue weighted by Crippen LogP contribution is -2.71. The standard InChI is InChI=1S/C24H38N6O6S/c1-5-19(32)29-24(22(35)36,14(11-23(2,3)4)17-12-37-13-27-17)30-21(34)16(8-9-18(25)31)28-20(33)15-7-6-10-26-15/h12-16,26H,5-11H2,1-4H3,(H2,25,31)(H,28,33)(H,29,32)(H,30,34)(H,35,36)/t14?,15-,16-,24-/m0/s1. The maximum absolute atomic E-state index is 13.6. The highest BCUT2D eigenvalue weighted by atomic mass is 32.1. The summed E-state index contributed by atoms with van der Waals surface area (Å²) in [6, 6.07) is -1.76. The highest BCUT2D eigenvalue weighted by molar-refractivity contribution is 7.07. The van der Waals surface area contributed by atoms with E-state index >= 15 is 0 Å². The third-order valence-electron chi connectivity index (χ3n) is 6.15. The second-order valence-electron chi connectivity index (χ2n) is 10.4. The van der Waals surface area contributed by atoms with Crippen LogP contribution in [0.4, 0.5) is 0 Å². The normalized spacial score (nSPS) is 18.8. The molecule has 0 saturated carbocycles. The minimum absolute atomic E-state index is 0.0284. The Morgan fingerprint density at radius 3 is 2.43 bits per heavy atom. The minimum Gasteiger partial charge on any atom is -0.478 e. The summed E-state index contributed by atoms with van der Waals surface area (Å²) < 4.78 is 0. The van der Waals surface area contributed by atoms with Gasteiger partial charge >= 0.3 is 5.97 Å². The number of carboxylic acids is 1. The number of nitrogens with one attached hydrogen (secondary N) is 4. The van der Waals surface area contributed by atoms with Gasteiger partial charge < -0.3 is 32.1 Å². The monoisotopic (exact) mass is 538 g/mol. The molecular weight excluding hydrogens is 500 g/mol. The molecule has 4 atom stereocenters. The lowest BCUT2D eigenvalue weighted by Gasteiger charge is -2.41. The van der Waals surface area contributed by atoms with Gasteiger partial charge in [-0.25, -0.2) is 9.78 Å². The Kier molecular flexibility index (Phi) is 10.6. The molecule has 1 aliphatic heterocycles. The van der Waals surface area contributed by atoms with Gasteiger partial charge in [-0.3, -0.25) is 19.2 Å². The smallest absolute Gasteiger partial charge is 0.351 e. The Balaban J connectivity index is 2.50. The summed E-state index contributed by atoms with van der Waals surface area (Å²) in [5.74, 6) is -5.00. The van der Waals surface area contributed by atoms with Crippen LogP contribution in [0.5, 0.6) is 0 Å². The zero-order valence-electron chi connectivity index (χ0n) is 21.8. The number of rotatable bonds is 13. The number of thiazole rings is 1. The summed E-state index contributed by atoms with van der Waals surface area (Å²) in [5, 5.41) is 22.9. The Morgan fingerprint density at radius 2 is 1.95 bits per heavy atom. The van der Waals surface area contributed by atoms with Crippen molar-refractivity contribution >= 4 is 40.9 Å². The highest BCUT2D eigenvalue weighted by Gasteiger charge is 2.52. The number of carboxylic acid groups (broad SMARTS) is 1. The molecule has 12 nitrogen and oxygen atoms in total. The van der Waals surface area contributed by atoms with Crippen molar-refractivity contribution in [2.45, 2.75) is 89.9 Å². The summed E-state index contributed by atoms with van der Waals surface area (Å²) in [6.07, 6.45) is 1.24. The molecule has 2 heterocycles. The lowest BCUT2D eigenvalue weighted by molar-refractivity contribution is -0.154. The molecule has 1 aromatic rings. The molecule has 0 spiro atoms. The zero-order valence-corrected chi connectivity index (χ0v) is 22.6. The van der Waals surface area contributed by atoms with Gasteiger partial charge in [0.15, 0.2) is 0 Å². The van der Waals surface area contributed by atoms with Crippen molar-refractivity contribution in [2.24, 2.45) is 11.1 Å². The van der Waals surface area contributed by atoms with E-state index in [-0.39, 0.29) is 25.7 Å². The summed E-state index contributed by atoms with van der Waals surface area (Å²) in [7, 11) is 0. The second-order valence-corrected chi connectivity index (χ2v) is 11.2. The van der Waals surface area contributed by atoms with Gasteiger partial charge in [-0.15, -0.1) is 11.3 Å². The number of hydrogen-bond acceptors (Lipinski definition) is 8. The molecule has 206 valence electrons. The van der Waals surface area contributed by atoms with Crippen LogP contribution >= 0.6 is 11.3 Å². The average Bonchev–Trinajstić information content (AvgIpc) is 3.53. The van der Waals surface area contributed by atoms with Gasteiger partial charge in [-0.2, -0.15) is 0 Å². The van der Waals surface area contributed by atoms with Crippen molar-refractivity contribution in [2.75, 3.05) is 6.54 Å². The molecule has 37 heavy (non-hydrogen) atoms. The van der Waals surface area contributed by atoms with Crippen LogP contribution in [0.3, 0.4) is 0 Å². The predicted molar refractivity (Wildman–Crippen MR) is 137 cm³/mol. The van der Waals surface area contributed by atoms with Crippen LogP contribution in [-0.4, -0.2) is 64.0 Å². The number of aromatic nitrogens is 1. The van der Waals surface area contributed by atoms with E-state index in [4.69, 9.17) is 5.73 Å². The van der Waals surface area contributed by atoms with Gasteiger partial charge in [0.05, 0.1) is 23.2 Å². The Morgan fingerprint density at radius 1 is 1.24 bits per heavy atom. The first-order valence-electron chi connectivity index (χ1n) is 12.4. The van der Waals surface area contributed by atoms with E-state index < -0.39 is 58.7 Å². The SMILES string of the molecule is CCC(=O)N[C@@](NC(=O)[C@H](CCC(N)=O)NC(=O)[C@@H]1CCCN1)(C(=O)O)C(CC(C)(C)C)c1cscn1. The number of nitrogens with two attached hydrogens (primary N) is 1. The lowest BCUT2D eigenvalue weighted by atomic mass is 9.76. The fourth-order valence-electron chi connectivity index (χ4n) is 4.27. The first kappa shape index (κ1) is 30.2. The number of carbonyl (C=O) groups excluding carboxylic acids is 4. The first-order valence-corrected chi connectivity index (χ1v) is 13.3. The molecule has 7 N–H and O–H groups in total. The largest absolute Gasteiger partial charge is 0.478 e. The number of hydrogen-bond donors (Lipinski definition) is 6. The Hall–Kier alpha value is -3.06. The van der Waals surface area contributed by atoms with E-state index in [0.717, 1.165) is 6.42 Å². The Bertz CT molecular complexity index is 973. The number of aliphatic carboxylic acids is 1. The van der Waals surface area contributed by atoms with E-state index in [1.54, 1.807) is 17.8 Å². The molecule has 1 fully saturated rings. The van der Waals surface area contributed by atoms with Crippen molar-refractivity contribution in [3.05, 3.63) is 16.6 Å². The number of nitrogens with zero attached hydrogens (tertiary/aromatic N) is 1. The number of primary amides is 1. The molecule has 1 unspecified atom stereocenters. The van der Waals surface area contributed by atoms with E-state index in [0.29, 0.717) is 18.7 Å². The van der Waals surface area contributed by atoms with Crippen molar-refractivity contribution in [3.8, 4) is 0 Å². The van der Waals surface area contributed by atoms with Crippen LogP contribution in [0.2, 0.25) is 0 Å². The summed E-state index contributed by atoms with van der Waals surface area (Å²) in [6.45, 7) is 7.95. The zero-order chi connectivity index (χ0) is 27.8. The molecule has 4 amide bonds. The summed E-state index contributed by atoms with van der Waals surface area (Å²) in [4.78, 5) is 67.7. The van der Waals surface area contributed by atoms with Crippen molar-refractivity contribution < 1.29 is 29.1 Å². The third kappa shape index (κ3) is 8.49. The first-order chi connectivity index (χ1) is 17.3. The van der Waals surface area contributed by atoms with Crippen LogP contribution in [0.1, 0.15) is 77.8 Å². The van der Waals surface area contributed by atoms with Gasteiger partial charge in [-0.05, 0) is 37.6 Å². The van der Waals surface area contributed by atoms with Gasteiger partial charge in [-0.1, -0.05) is 27.7 Å². The number of amides is 4. The highest BCUT2D eigenvalue weighted by Crippen LogP contribution is 2.38. The Labute approximate surface area is 220 Å².